The second-order valence-corrected chi connectivity index (χ2v) is 10.6. The Bertz CT molecular complexity index is 967. The van der Waals surface area contributed by atoms with Crippen molar-refractivity contribution in [2.24, 2.45) is 0 Å². The molecule has 0 unspecified atom stereocenters. The van der Waals surface area contributed by atoms with Gasteiger partial charge in [-0.05, 0) is 44.9 Å². The van der Waals surface area contributed by atoms with Gasteiger partial charge in [0, 0.05) is 31.9 Å². The lowest BCUT2D eigenvalue weighted by molar-refractivity contribution is 0.0690. The minimum Gasteiger partial charge on any atom is -0.335 e. The average Bonchev–Trinajstić information content (AvgIpc) is 3.14. The van der Waals surface area contributed by atoms with Gasteiger partial charge in [-0.3, -0.25) is 9.48 Å². The molecule has 0 N–H and O–H groups in total. The first kappa shape index (κ1) is 21.5. The van der Waals surface area contributed by atoms with Crippen molar-refractivity contribution in [2.75, 3.05) is 26.2 Å². The molecule has 0 atom stereocenters. The minimum atomic E-state index is -3.53. The predicted octanol–water partition coefficient (Wildman–Crippen LogP) is 2.91. The van der Waals surface area contributed by atoms with E-state index in [4.69, 9.17) is 0 Å². The number of nitrogens with zero attached hydrogens (tertiary/aromatic N) is 4. The van der Waals surface area contributed by atoms with Crippen molar-refractivity contribution in [2.45, 2.75) is 51.0 Å². The van der Waals surface area contributed by atoms with Gasteiger partial charge in [0.15, 0.2) is 5.69 Å². The molecule has 0 saturated carbocycles. The van der Waals surface area contributed by atoms with E-state index in [1.165, 1.54) is 4.31 Å². The van der Waals surface area contributed by atoms with Gasteiger partial charge in [0.1, 0.15) is 0 Å². The van der Waals surface area contributed by atoms with E-state index < -0.39 is 10.0 Å². The van der Waals surface area contributed by atoms with Crippen LogP contribution in [0, 0.1) is 0 Å². The summed E-state index contributed by atoms with van der Waals surface area (Å²) >= 11 is 0. The maximum Gasteiger partial charge on any atom is 0.274 e. The minimum absolute atomic E-state index is 0.147. The number of benzene rings is 1. The zero-order valence-electron chi connectivity index (χ0n) is 17.8. The number of aromatic nitrogens is 2. The van der Waals surface area contributed by atoms with Gasteiger partial charge in [0.25, 0.3) is 5.91 Å². The van der Waals surface area contributed by atoms with Crippen molar-refractivity contribution in [3.05, 3.63) is 47.8 Å². The number of piperazine rings is 1. The van der Waals surface area contributed by atoms with Crippen molar-refractivity contribution in [3.63, 3.8) is 0 Å². The van der Waals surface area contributed by atoms with E-state index >= 15 is 0 Å². The fourth-order valence-electron chi connectivity index (χ4n) is 3.48. The molecule has 0 aliphatic carbocycles. The Hall–Kier alpha value is -2.19. The number of carbonyl (C=O) groups is 1. The Kier molecular flexibility index (Phi) is 5.87. The molecule has 1 aliphatic heterocycles. The Morgan fingerprint density at radius 2 is 1.62 bits per heavy atom. The molecule has 1 fully saturated rings. The lowest BCUT2D eigenvalue weighted by Gasteiger charge is -2.33. The highest BCUT2D eigenvalue weighted by atomic mass is 32.2. The van der Waals surface area contributed by atoms with E-state index in [0.29, 0.717) is 18.8 Å². The first-order chi connectivity index (χ1) is 13.5. The first-order valence-electron chi connectivity index (χ1n) is 9.96. The third kappa shape index (κ3) is 4.38. The van der Waals surface area contributed by atoms with Gasteiger partial charge in [-0.15, -0.1) is 0 Å². The summed E-state index contributed by atoms with van der Waals surface area (Å²) in [5, 5.41) is 4.59. The number of hydrogen-bond acceptors (Lipinski definition) is 4. The summed E-state index contributed by atoms with van der Waals surface area (Å²) in [6, 6.07) is 10.3. The summed E-state index contributed by atoms with van der Waals surface area (Å²) in [6.45, 7) is 11.6. The molecule has 2 aromatic rings. The molecule has 1 aliphatic rings. The van der Waals surface area contributed by atoms with Crippen LogP contribution in [0.15, 0.2) is 41.3 Å². The Morgan fingerprint density at radius 1 is 1.03 bits per heavy atom. The monoisotopic (exact) mass is 418 g/mol. The zero-order chi connectivity index (χ0) is 21.4. The van der Waals surface area contributed by atoms with Crippen LogP contribution < -0.4 is 0 Å². The summed E-state index contributed by atoms with van der Waals surface area (Å²) in [5.41, 5.74) is 1.22. The molecule has 0 bridgehead atoms. The van der Waals surface area contributed by atoms with Crippen molar-refractivity contribution in [1.29, 1.82) is 0 Å². The standard InChI is InChI=1S/C21H30N4O3S/c1-16(2)19-15-18(22-25(19)21(3,4)5)20(26)23-11-13-24(14-12-23)29(27,28)17-9-7-6-8-10-17/h6-10,15-16H,11-14H2,1-5H3. The van der Waals surface area contributed by atoms with Crippen molar-refractivity contribution in [3.8, 4) is 0 Å². The van der Waals surface area contributed by atoms with Crippen LogP contribution in [-0.4, -0.2) is 59.5 Å². The highest BCUT2D eigenvalue weighted by Gasteiger charge is 2.32. The van der Waals surface area contributed by atoms with Gasteiger partial charge >= 0.3 is 0 Å². The highest BCUT2D eigenvalue weighted by molar-refractivity contribution is 7.89. The van der Waals surface area contributed by atoms with E-state index in [1.807, 2.05) is 10.7 Å². The van der Waals surface area contributed by atoms with Gasteiger partial charge < -0.3 is 4.90 Å². The van der Waals surface area contributed by atoms with Crippen LogP contribution >= 0.6 is 0 Å². The van der Waals surface area contributed by atoms with Gasteiger partial charge in [-0.2, -0.15) is 9.40 Å². The molecule has 158 valence electrons. The number of sulfonamides is 1. The van der Waals surface area contributed by atoms with Gasteiger partial charge in [-0.25, -0.2) is 8.42 Å². The number of hydrogen-bond donors (Lipinski definition) is 0. The maximum atomic E-state index is 13.0. The molecular weight excluding hydrogens is 388 g/mol. The van der Waals surface area contributed by atoms with Crippen molar-refractivity contribution < 1.29 is 13.2 Å². The summed E-state index contributed by atoms with van der Waals surface area (Å²) in [7, 11) is -3.53. The first-order valence-corrected chi connectivity index (χ1v) is 11.4. The second kappa shape index (κ2) is 7.91. The molecule has 29 heavy (non-hydrogen) atoms. The van der Waals surface area contributed by atoms with E-state index in [1.54, 1.807) is 35.2 Å². The van der Waals surface area contributed by atoms with Crippen molar-refractivity contribution >= 4 is 15.9 Å². The molecule has 1 aromatic carbocycles. The molecule has 8 heteroatoms. The number of rotatable bonds is 4. The largest absolute Gasteiger partial charge is 0.335 e. The summed E-state index contributed by atoms with van der Waals surface area (Å²) in [6.07, 6.45) is 0. The smallest absolute Gasteiger partial charge is 0.274 e. The lowest BCUT2D eigenvalue weighted by atomic mass is 10.1. The van der Waals surface area contributed by atoms with E-state index in [0.717, 1.165) is 5.69 Å². The summed E-state index contributed by atoms with van der Waals surface area (Å²) < 4.78 is 28.9. The van der Waals surface area contributed by atoms with Crippen LogP contribution in [0.5, 0.6) is 0 Å². The summed E-state index contributed by atoms with van der Waals surface area (Å²) in [5.74, 6) is 0.0998. The Balaban J connectivity index is 1.74. The van der Waals surface area contributed by atoms with Crippen molar-refractivity contribution in [1.82, 2.24) is 19.0 Å². The average molecular weight is 419 g/mol. The second-order valence-electron chi connectivity index (χ2n) is 8.70. The number of carbonyl (C=O) groups excluding carboxylic acids is 1. The molecule has 0 radical (unpaired) electrons. The van der Waals surface area contributed by atoms with E-state index in [2.05, 4.69) is 39.7 Å². The van der Waals surface area contributed by atoms with Crippen LogP contribution in [0.4, 0.5) is 0 Å². The number of amides is 1. The maximum absolute atomic E-state index is 13.0. The Labute approximate surface area is 173 Å². The molecule has 1 aromatic heterocycles. The quantitative estimate of drug-likeness (QED) is 0.765. The van der Waals surface area contributed by atoms with E-state index in [9.17, 15) is 13.2 Å². The SMILES string of the molecule is CC(C)c1cc(C(=O)N2CCN(S(=O)(=O)c3ccccc3)CC2)nn1C(C)(C)C. The molecule has 0 spiro atoms. The third-order valence-electron chi connectivity index (χ3n) is 5.09. The predicted molar refractivity (Wildman–Crippen MR) is 112 cm³/mol. The van der Waals surface area contributed by atoms with Crippen LogP contribution in [-0.2, 0) is 15.6 Å². The van der Waals surface area contributed by atoms with E-state index in [-0.39, 0.29) is 35.3 Å². The van der Waals surface area contributed by atoms with Crippen LogP contribution in [0.2, 0.25) is 0 Å². The molecule has 1 saturated heterocycles. The van der Waals surface area contributed by atoms with Crippen LogP contribution in [0.1, 0.15) is 56.7 Å². The molecule has 2 heterocycles. The molecule has 7 nitrogen and oxygen atoms in total. The van der Waals surface area contributed by atoms with Crippen LogP contribution in [0.25, 0.3) is 0 Å². The van der Waals surface area contributed by atoms with Gasteiger partial charge in [0.05, 0.1) is 10.4 Å². The molecular formula is C21H30N4O3S. The van der Waals surface area contributed by atoms with Gasteiger partial charge in [0.2, 0.25) is 10.0 Å². The van der Waals surface area contributed by atoms with Crippen LogP contribution in [0.3, 0.4) is 0 Å². The lowest BCUT2D eigenvalue weighted by Crippen LogP contribution is -2.50. The fourth-order valence-corrected chi connectivity index (χ4v) is 4.93. The highest BCUT2D eigenvalue weighted by Crippen LogP contribution is 2.25. The topological polar surface area (TPSA) is 75.5 Å². The Morgan fingerprint density at radius 3 is 2.10 bits per heavy atom. The zero-order valence-corrected chi connectivity index (χ0v) is 18.6. The summed E-state index contributed by atoms with van der Waals surface area (Å²) in [4.78, 5) is 15.0. The molecule has 3 rings (SSSR count). The third-order valence-corrected chi connectivity index (χ3v) is 7.00. The van der Waals surface area contributed by atoms with Gasteiger partial charge in [-0.1, -0.05) is 32.0 Å². The fraction of sp³-hybridized carbons (Fsp3) is 0.524. The molecule has 1 amide bonds. The normalized spacial score (nSPS) is 16.4.